The second kappa shape index (κ2) is 8.16. The van der Waals surface area contributed by atoms with Crippen LogP contribution in [0.5, 0.6) is 5.75 Å². The zero-order valence-electron chi connectivity index (χ0n) is 13.4. The Morgan fingerprint density at radius 3 is 2.77 bits per heavy atom. The number of fused-ring (bicyclic) bond motifs is 1. The van der Waals surface area contributed by atoms with Crippen LogP contribution in [0.2, 0.25) is 5.02 Å². The summed E-state index contributed by atoms with van der Waals surface area (Å²) >= 11 is 7.54. The number of carboxylic acid groups (broad SMARTS) is 1. The zero-order chi connectivity index (χ0) is 18.5. The zero-order valence-corrected chi connectivity index (χ0v) is 15.0. The molecule has 2 N–H and O–H groups in total. The second-order valence-electron chi connectivity index (χ2n) is 5.37. The summed E-state index contributed by atoms with van der Waals surface area (Å²) in [7, 11) is 0. The Morgan fingerprint density at radius 1 is 1.31 bits per heavy atom. The van der Waals surface area contributed by atoms with Crippen LogP contribution in [0.25, 0.3) is 20.8 Å². The number of thiazole rings is 1. The second-order valence-corrected chi connectivity index (χ2v) is 6.84. The van der Waals surface area contributed by atoms with E-state index in [1.807, 2.05) is 24.3 Å². The number of ether oxygens (including phenoxy) is 1. The first-order valence-electron chi connectivity index (χ1n) is 7.59. The normalized spacial score (nSPS) is 11.5. The molecule has 3 rings (SSSR count). The lowest BCUT2D eigenvalue weighted by Gasteiger charge is -2.09. The van der Waals surface area contributed by atoms with Gasteiger partial charge in [-0.05, 0) is 42.5 Å². The Balaban J connectivity index is 1.66. The first kappa shape index (κ1) is 18.2. The highest BCUT2D eigenvalue weighted by Crippen LogP contribution is 2.32. The fourth-order valence-corrected chi connectivity index (χ4v) is 3.45. The van der Waals surface area contributed by atoms with E-state index in [1.54, 1.807) is 29.5 Å². The summed E-state index contributed by atoms with van der Waals surface area (Å²) in [5.74, 6) is 0.549. The van der Waals surface area contributed by atoms with Gasteiger partial charge in [-0.15, -0.1) is 11.3 Å². The number of amides is 1. The fourth-order valence-electron chi connectivity index (χ4n) is 2.20. The molecule has 0 saturated heterocycles. The van der Waals surface area contributed by atoms with Crippen LogP contribution < -0.4 is 10.1 Å². The van der Waals surface area contributed by atoms with Gasteiger partial charge in [0, 0.05) is 22.7 Å². The lowest BCUT2D eigenvalue weighted by Crippen LogP contribution is -2.25. The minimum atomic E-state index is -1.22. The third-order valence-electron chi connectivity index (χ3n) is 3.50. The molecule has 0 aliphatic heterocycles. The molecule has 0 aliphatic carbocycles. The van der Waals surface area contributed by atoms with Crippen molar-refractivity contribution in [2.24, 2.45) is 0 Å². The molecular weight excluding hydrogens is 379 g/mol. The van der Waals surface area contributed by atoms with Crippen LogP contribution >= 0.6 is 22.9 Å². The molecule has 0 unspecified atom stereocenters. The molecule has 2 aromatic carbocycles. The monoisotopic (exact) mass is 392 g/mol. The Bertz CT molecular complexity index is 957. The highest BCUT2D eigenvalue weighted by molar-refractivity contribution is 7.21. The number of nitrogens with zero attached hydrogens (tertiary/aromatic N) is 1. The van der Waals surface area contributed by atoms with Crippen LogP contribution in [-0.4, -0.2) is 29.3 Å². The van der Waals surface area contributed by atoms with Gasteiger partial charge in [0.05, 0.1) is 16.5 Å². The molecule has 3 aromatic rings. The topological polar surface area (TPSA) is 71.5 Å². The van der Waals surface area contributed by atoms with E-state index < -0.39 is 6.09 Å². The van der Waals surface area contributed by atoms with Crippen molar-refractivity contribution in [3.63, 3.8) is 0 Å². The van der Waals surface area contributed by atoms with E-state index in [0.29, 0.717) is 17.1 Å². The SMILES string of the molecule is O=C(O)NCC(=CF)COc1ccc(-c2nc3ccc(Cl)cc3s2)cc1. The van der Waals surface area contributed by atoms with Gasteiger partial charge >= 0.3 is 6.09 Å². The van der Waals surface area contributed by atoms with Gasteiger partial charge in [0.15, 0.2) is 0 Å². The first-order chi connectivity index (χ1) is 12.5. The van der Waals surface area contributed by atoms with Crippen molar-refractivity contribution in [3.8, 4) is 16.3 Å². The minimum Gasteiger partial charge on any atom is -0.489 e. The highest BCUT2D eigenvalue weighted by atomic mass is 35.5. The predicted octanol–water partition coefficient (Wildman–Crippen LogP) is 5.12. The molecule has 0 aliphatic rings. The standard InChI is InChI=1S/C18H14ClFN2O3S/c19-13-3-6-15-16(7-13)26-17(22-15)12-1-4-14(5-2-12)25-10-11(8-20)9-21-18(23)24/h1-8,21H,9-10H2,(H,23,24). The lowest BCUT2D eigenvalue weighted by molar-refractivity contribution is 0.195. The Hall–Kier alpha value is -2.64. The molecule has 0 fully saturated rings. The molecule has 1 amide bonds. The number of rotatable bonds is 6. The van der Waals surface area contributed by atoms with E-state index in [-0.39, 0.29) is 18.7 Å². The Kier molecular flexibility index (Phi) is 5.70. The fraction of sp³-hybridized carbons (Fsp3) is 0.111. The van der Waals surface area contributed by atoms with E-state index in [1.165, 1.54) is 0 Å². The Labute approximate surface area is 157 Å². The first-order valence-corrected chi connectivity index (χ1v) is 8.79. The predicted molar refractivity (Wildman–Crippen MR) is 101 cm³/mol. The molecule has 0 atom stereocenters. The van der Waals surface area contributed by atoms with Crippen molar-refractivity contribution in [1.82, 2.24) is 10.3 Å². The van der Waals surface area contributed by atoms with Crippen LogP contribution in [0.4, 0.5) is 9.18 Å². The van der Waals surface area contributed by atoms with E-state index >= 15 is 0 Å². The number of hydrogen-bond acceptors (Lipinski definition) is 4. The van der Waals surface area contributed by atoms with Crippen molar-refractivity contribution in [2.75, 3.05) is 13.2 Å². The van der Waals surface area contributed by atoms with E-state index in [4.69, 9.17) is 21.4 Å². The van der Waals surface area contributed by atoms with Crippen molar-refractivity contribution in [3.05, 3.63) is 59.4 Å². The average Bonchev–Trinajstić information content (AvgIpc) is 3.05. The van der Waals surface area contributed by atoms with Crippen LogP contribution in [0.3, 0.4) is 0 Å². The van der Waals surface area contributed by atoms with Gasteiger partial charge in [-0.2, -0.15) is 0 Å². The van der Waals surface area contributed by atoms with Gasteiger partial charge in [-0.1, -0.05) is 11.6 Å². The van der Waals surface area contributed by atoms with Gasteiger partial charge in [0.25, 0.3) is 0 Å². The number of nitrogens with one attached hydrogen (secondary N) is 1. The van der Waals surface area contributed by atoms with Crippen molar-refractivity contribution in [1.29, 1.82) is 0 Å². The van der Waals surface area contributed by atoms with E-state index in [0.717, 1.165) is 20.8 Å². The van der Waals surface area contributed by atoms with Crippen molar-refractivity contribution < 1.29 is 19.0 Å². The number of aromatic nitrogens is 1. The summed E-state index contributed by atoms with van der Waals surface area (Å²) in [6, 6.07) is 12.8. The molecule has 5 nitrogen and oxygen atoms in total. The van der Waals surface area contributed by atoms with Crippen LogP contribution in [-0.2, 0) is 0 Å². The quantitative estimate of drug-likeness (QED) is 0.611. The number of halogens is 2. The summed E-state index contributed by atoms with van der Waals surface area (Å²) in [5.41, 5.74) is 2.02. The molecule has 0 spiro atoms. The van der Waals surface area contributed by atoms with Crippen molar-refractivity contribution >= 4 is 39.2 Å². The van der Waals surface area contributed by atoms with Gasteiger partial charge in [0.1, 0.15) is 17.4 Å². The van der Waals surface area contributed by atoms with Gasteiger partial charge in [-0.25, -0.2) is 14.2 Å². The van der Waals surface area contributed by atoms with Crippen LogP contribution in [0.1, 0.15) is 0 Å². The summed E-state index contributed by atoms with van der Waals surface area (Å²) in [6.45, 7) is -0.173. The number of carbonyl (C=O) groups is 1. The minimum absolute atomic E-state index is 0.0459. The highest BCUT2D eigenvalue weighted by Gasteiger charge is 2.08. The lowest BCUT2D eigenvalue weighted by atomic mass is 10.2. The molecule has 1 heterocycles. The van der Waals surface area contributed by atoms with E-state index in [9.17, 15) is 9.18 Å². The maximum absolute atomic E-state index is 12.7. The molecule has 0 bridgehead atoms. The van der Waals surface area contributed by atoms with Crippen LogP contribution in [0, 0.1) is 0 Å². The summed E-state index contributed by atoms with van der Waals surface area (Å²) in [5, 5.41) is 12.2. The van der Waals surface area contributed by atoms with Crippen molar-refractivity contribution in [2.45, 2.75) is 0 Å². The molecule has 0 saturated carbocycles. The molecular formula is C18H14ClFN2O3S. The van der Waals surface area contributed by atoms with Crippen LogP contribution in [0.15, 0.2) is 54.4 Å². The summed E-state index contributed by atoms with van der Waals surface area (Å²) in [4.78, 5) is 15.0. The number of benzene rings is 2. The number of hydrogen-bond donors (Lipinski definition) is 2. The van der Waals surface area contributed by atoms with Gasteiger partial charge < -0.3 is 15.2 Å². The molecule has 8 heteroatoms. The average molecular weight is 393 g/mol. The smallest absolute Gasteiger partial charge is 0.404 e. The molecule has 1 aromatic heterocycles. The third-order valence-corrected chi connectivity index (χ3v) is 4.80. The summed E-state index contributed by atoms with van der Waals surface area (Å²) in [6.07, 6.45) is -0.873. The third kappa shape index (κ3) is 4.50. The van der Waals surface area contributed by atoms with E-state index in [2.05, 4.69) is 10.3 Å². The molecule has 26 heavy (non-hydrogen) atoms. The summed E-state index contributed by atoms with van der Waals surface area (Å²) < 4.78 is 19.2. The van der Waals surface area contributed by atoms with Gasteiger partial charge in [-0.3, -0.25) is 0 Å². The Morgan fingerprint density at radius 2 is 2.08 bits per heavy atom. The molecule has 0 radical (unpaired) electrons. The largest absolute Gasteiger partial charge is 0.489 e. The maximum Gasteiger partial charge on any atom is 0.404 e. The van der Waals surface area contributed by atoms with Gasteiger partial charge in [0.2, 0.25) is 0 Å². The molecule has 134 valence electrons. The maximum atomic E-state index is 12.7.